The van der Waals surface area contributed by atoms with Crippen LogP contribution in [0.3, 0.4) is 0 Å². The Morgan fingerprint density at radius 1 is 1.20 bits per heavy atom. The third-order valence-corrected chi connectivity index (χ3v) is 7.19. The van der Waals surface area contributed by atoms with Crippen LogP contribution in [0.4, 0.5) is 0 Å². The fourth-order valence-electron chi connectivity index (χ4n) is 4.18. The lowest BCUT2D eigenvalue weighted by molar-refractivity contribution is -0.138. The molecular formula is C23H35N3O3S. The van der Waals surface area contributed by atoms with Gasteiger partial charge in [-0.3, -0.25) is 14.5 Å². The van der Waals surface area contributed by atoms with Gasteiger partial charge in [-0.15, -0.1) is 0 Å². The van der Waals surface area contributed by atoms with Gasteiger partial charge in [-0.05, 0) is 38.0 Å². The molecule has 2 heterocycles. The van der Waals surface area contributed by atoms with E-state index in [9.17, 15) is 9.59 Å². The summed E-state index contributed by atoms with van der Waals surface area (Å²) in [5, 5.41) is 0. The van der Waals surface area contributed by atoms with Gasteiger partial charge in [-0.25, -0.2) is 0 Å². The van der Waals surface area contributed by atoms with Crippen LogP contribution in [0.1, 0.15) is 25.8 Å². The normalized spacial score (nSPS) is 22.9. The van der Waals surface area contributed by atoms with Gasteiger partial charge >= 0.3 is 0 Å². The minimum absolute atomic E-state index is 0.0226. The van der Waals surface area contributed by atoms with Crippen LogP contribution in [0, 0.1) is 0 Å². The number of hydrogen-bond donors (Lipinski definition) is 0. The van der Waals surface area contributed by atoms with Gasteiger partial charge in [0.15, 0.2) is 0 Å². The zero-order chi connectivity index (χ0) is 21.3. The van der Waals surface area contributed by atoms with Crippen molar-refractivity contribution in [1.82, 2.24) is 14.7 Å². The number of rotatable bonds is 9. The topological polar surface area (TPSA) is 53.1 Å². The summed E-state index contributed by atoms with van der Waals surface area (Å²) in [6.45, 7) is 7.82. The second kappa shape index (κ2) is 11.7. The van der Waals surface area contributed by atoms with Gasteiger partial charge in [-0.1, -0.05) is 30.3 Å². The molecule has 0 radical (unpaired) electrons. The fraction of sp³-hybridized carbons (Fsp3) is 0.652. The average Bonchev–Trinajstić information content (AvgIpc) is 3.25. The van der Waals surface area contributed by atoms with Crippen molar-refractivity contribution < 1.29 is 14.3 Å². The molecule has 0 N–H and O–H groups in total. The van der Waals surface area contributed by atoms with Crippen LogP contribution in [-0.2, 0) is 20.7 Å². The van der Waals surface area contributed by atoms with Crippen LogP contribution in [0.25, 0.3) is 0 Å². The molecule has 2 unspecified atom stereocenters. The fourth-order valence-corrected chi connectivity index (χ4v) is 5.44. The second-order valence-corrected chi connectivity index (χ2v) is 9.17. The van der Waals surface area contributed by atoms with Gasteiger partial charge in [0.25, 0.3) is 0 Å². The molecule has 7 heteroatoms. The summed E-state index contributed by atoms with van der Waals surface area (Å²) < 4.78 is 6.10. The molecule has 0 spiro atoms. The highest BCUT2D eigenvalue weighted by Gasteiger charge is 2.33. The maximum absolute atomic E-state index is 13.0. The minimum atomic E-state index is -0.141. The number of nitrogens with zero attached hydrogens (tertiary/aromatic N) is 3. The molecule has 30 heavy (non-hydrogen) atoms. The van der Waals surface area contributed by atoms with Crippen molar-refractivity contribution in [3.63, 3.8) is 0 Å². The molecule has 1 aromatic rings. The predicted octanol–water partition coefficient (Wildman–Crippen LogP) is 2.13. The molecule has 0 aliphatic carbocycles. The Labute approximate surface area is 184 Å². The number of carbonyl (C=O) groups is 2. The molecule has 3 rings (SSSR count). The zero-order valence-electron chi connectivity index (χ0n) is 18.3. The lowest BCUT2D eigenvalue weighted by Crippen LogP contribution is -2.43. The Kier molecular flexibility index (Phi) is 9.03. The number of ether oxygens (including phenoxy) is 1. The van der Waals surface area contributed by atoms with Crippen molar-refractivity contribution in [3.8, 4) is 0 Å². The highest BCUT2D eigenvalue weighted by atomic mass is 32.2. The molecule has 6 nitrogen and oxygen atoms in total. The summed E-state index contributed by atoms with van der Waals surface area (Å²) >= 11 is 1.95. The van der Waals surface area contributed by atoms with Crippen molar-refractivity contribution in [3.05, 3.63) is 35.9 Å². The number of likely N-dealkylation sites (N-methyl/N-ethyl adjacent to an activating group) is 1. The second-order valence-electron chi connectivity index (χ2n) is 8.02. The quantitative estimate of drug-likeness (QED) is 0.597. The molecule has 2 saturated heterocycles. The van der Waals surface area contributed by atoms with E-state index in [4.69, 9.17) is 4.74 Å². The summed E-state index contributed by atoms with van der Waals surface area (Å²) in [6, 6.07) is 10.7. The molecule has 2 fully saturated rings. The van der Waals surface area contributed by atoms with Crippen LogP contribution in [0.2, 0.25) is 0 Å². The summed E-state index contributed by atoms with van der Waals surface area (Å²) in [7, 11) is 0. The van der Waals surface area contributed by atoms with E-state index in [1.807, 2.05) is 48.7 Å². The van der Waals surface area contributed by atoms with E-state index in [1.165, 1.54) is 5.56 Å². The third-order valence-electron chi connectivity index (χ3n) is 6.05. The smallest absolute Gasteiger partial charge is 0.248 e. The van der Waals surface area contributed by atoms with Crippen molar-refractivity contribution in [1.29, 1.82) is 0 Å². The molecule has 2 aliphatic rings. The molecule has 2 atom stereocenters. The van der Waals surface area contributed by atoms with Gasteiger partial charge in [0, 0.05) is 44.5 Å². The van der Waals surface area contributed by atoms with Crippen molar-refractivity contribution in [2.75, 3.05) is 57.4 Å². The Balaban J connectivity index is 1.64. The molecular weight excluding hydrogens is 398 g/mol. The predicted molar refractivity (Wildman–Crippen MR) is 122 cm³/mol. The van der Waals surface area contributed by atoms with E-state index in [-0.39, 0.29) is 24.5 Å². The Morgan fingerprint density at radius 2 is 1.97 bits per heavy atom. The van der Waals surface area contributed by atoms with Crippen molar-refractivity contribution >= 4 is 23.6 Å². The number of hydrogen-bond acceptors (Lipinski definition) is 5. The van der Waals surface area contributed by atoms with Crippen molar-refractivity contribution in [2.45, 2.75) is 38.8 Å². The van der Waals surface area contributed by atoms with Gasteiger partial charge in [0.05, 0.1) is 12.6 Å². The maximum Gasteiger partial charge on any atom is 0.248 e. The van der Waals surface area contributed by atoms with Gasteiger partial charge in [-0.2, -0.15) is 11.8 Å². The summed E-state index contributed by atoms with van der Waals surface area (Å²) in [5.41, 5.74) is 1.23. The maximum atomic E-state index is 13.0. The van der Waals surface area contributed by atoms with Crippen LogP contribution in [-0.4, -0.2) is 96.0 Å². The summed E-state index contributed by atoms with van der Waals surface area (Å²) in [4.78, 5) is 31.5. The molecule has 0 aromatic heterocycles. The molecule has 2 amide bonds. The monoisotopic (exact) mass is 433 g/mol. The third kappa shape index (κ3) is 6.46. The highest BCUT2D eigenvalue weighted by Crippen LogP contribution is 2.24. The van der Waals surface area contributed by atoms with E-state index < -0.39 is 0 Å². The molecule has 0 saturated carbocycles. The first-order valence-electron chi connectivity index (χ1n) is 11.1. The number of amides is 2. The van der Waals surface area contributed by atoms with E-state index in [0.29, 0.717) is 45.3 Å². The number of carbonyl (C=O) groups excluding carboxylic acids is 2. The Hall–Kier alpha value is -1.57. The van der Waals surface area contributed by atoms with E-state index in [0.717, 1.165) is 24.3 Å². The summed E-state index contributed by atoms with van der Waals surface area (Å²) in [5.74, 6) is 2.42. The number of benzene rings is 1. The first kappa shape index (κ1) is 23.1. The van der Waals surface area contributed by atoms with Gasteiger partial charge in [0.2, 0.25) is 11.8 Å². The molecule has 0 bridgehead atoms. The zero-order valence-corrected chi connectivity index (χ0v) is 19.1. The van der Waals surface area contributed by atoms with E-state index >= 15 is 0 Å². The molecule has 1 aromatic carbocycles. The van der Waals surface area contributed by atoms with Crippen LogP contribution < -0.4 is 0 Å². The lowest BCUT2D eigenvalue weighted by Gasteiger charge is -2.28. The van der Waals surface area contributed by atoms with Crippen LogP contribution in [0.15, 0.2) is 30.3 Å². The average molecular weight is 434 g/mol. The Bertz CT molecular complexity index is 678. The Morgan fingerprint density at radius 3 is 2.63 bits per heavy atom. The molecule has 166 valence electrons. The summed E-state index contributed by atoms with van der Waals surface area (Å²) in [6.07, 6.45) is 1.81. The van der Waals surface area contributed by atoms with Crippen LogP contribution >= 0.6 is 11.8 Å². The molecule has 2 aliphatic heterocycles. The highest BCUT2D eigenvalue weighted by molar-refractivity contribution is 7.99. The van der Waals surface area contributed by atoms with Gasteiger partial charge < -0.3 is 14.5 Å². The van der Waals surface area contributed by atoms with E-state index in [1.54, 1.807) is 4.90 Å². The number of thioether (sulfide) groups is 1. The minimum Gasteiger partial charge on any atom is -0.365 e. The van der Waals surface area contributed by atoms with E-state index in [2.05, 4.69) is 17.0 Å². The standard InChI is InChI=1S/C23H35N3O3S/c1-3-24(4-2)23(28)17-29-21-14-25(12-10-19-8-6-5-7-9-19)22(27)16-26(15-21)20-11-13-30-18-20/h5-9,20-21H,3-4,10-18H2,1-2H3. The first-order chi connectivity index (χ1) is 14.6. The van der Waals surface area contributed by atoms with Crippen LogP contribution in [0.5, 0.6) is 0 Å². The van der Waals surface area contributed by atoms with Crippen molar-refractivity contribution in [2.24, 2.45) is 0 Å². The largest absolute Gasteiger partial charge is 0.365 e. The first-order valence-corrected chi connectivity index (χ1v) is 12.3. The SMILES string of the molecule is CCN(CC)C(=O)COC1CN(CCc2ccccc2)C(=O)CN(C2CCSC2)C1. The van der Waals surface area contributed by atoms with Gasteiger partial charge in [0.1, 0.15) is 6.61 Å². The lowest BCUT2D eigenvalue weighted by atomic mass is 10.1.